The number of carbonyl (C=O) groups is 1. The Morgan fingerprint density at radius 3 is 2.38 bits per heavy atom. The number of halogens is 3. The molecule has 0 radical (unpaired) electrons. The Balaban J connectivity index is 0.00000300. The molecular formula is C21H22F2IN3O2. The fourth-order valence-corrected chi connectivity index (χ4v) is 3.50. The van der Waals surface area contributed by atoms with Gasteiger partial charge in [-0.3, -0.25) is 4.79 Å². The van der Waals surface area contributed by atoms with Gasteiger partial charge in [0.1, 0.15) is 17.7 Å². The van der Waals surface area contributed by atoms with E-state index in [9.17, 15) is 18.7 Å². The quantitative estimate of drug-likeness (QED) is 0.598. The molecule has 0 atom stereocenters. The first kappa shape index (κ1) is 23.2. The third-order valence-corrected chi connectivity index (χ3v) is 5.09. The van der Waals surface area contributed by atoms with Crippen LogP contribution in [-0.2, 0) is 10.4 Å². The minimum atomic E-state index is -1.54. The third-order valence-electron chi connectivity index (χ3n) is 5.09. The monoisotopic (exact) mass is 513 g/mol. The zero-order valence-corrected chi connectivity index (χ0v) is 18.0. The van der Waals surface area contributed by atoms with Crippen LogP contribution in [0.2, 0.25) is 0 Å². The number of hydrogen-bond acceptors (Lipinski definition) is 4. The predicted molar refractivity (Wildman–Crippen MR) is 116 cm³/mol. The van der Waals surface area contributed by atoms with Gasteiger partial charge in [0, 0.05) is 26.1 Å². The maximum atomic E-state index is 14.0. The van der Waals surface area contributed by atoms with Crippen molar-refractivity contribution in [3.8, 4) is 6.07 Å². The van der Waals surface area contributed by atoms with E-state index in [1.54, 1.807) is 24.3 Å². The number of likely N-dealkylation sites (tertiary alicyclic amines) is 1. The number of benzene rings is 2. The van der Waals surface area contributed by atoms with Crippen molar-refractivity contribution in [2.24, 2.45) is 0 Å². The summed E-state index contributed by atoms with van der Waals surface area (Å²) in [6.07, 6.45) is 0.583. The molecule has 1 saturated heterocycles. The number of rotatable bonds is 5. The Morgan fingerprint density at radius 1 is 1.14 bits per heavy atom. The van der Waals surface area contributed by atoms with Gasteiger partial charge in [-0.1, -0.05) is 18.2 Å². The first-order valence-electron chi connectivity index (χ1n) is 9.11. The Morgan fingerprint density at radius 2 is 1.76 bits per heavy atom. The summed E-state index contributed by atoms with van der Waals surface area (Å²) in [5.74, 6) is -1.71. The zero-order chi connectivity index (χ0) is 20.1. The highest BCUT2D eigenvalue weighted by Crippen LogP contribution is 2.35. The molecule has 1 aliphatic heterocycles. The summed E-state index contributed by atoms with van der Waals surface area (Å²) in [4.78, 5) is 14.1. The normalized spacial score (nSPS) is 15.8. The molecule has 3 rings (SSSR count). The molecule has 0 saturated carbocycles. The number of nitrogens with one attached hydrogen (secondary N) is 1. The van der Waals surface area contributed by atoms with Crippen LogP contribution in [0.5, 0.6) is 0 Å². The lowest BCUT2D eigenvalue weighted by Crippen LogP contribution is -2.44. The highest BCUT2D eigenvalue weighted by atomic mass is 127. The number of amides is 1. The number of anilines is 1. The van der Waals surface area contributed by atoms with Gasteiger partial charge in [0.25, 0.3) is 0 Å². The summed E-state index contributed by atoms with van der Waals surface area (Å²) < 4.78 is 28.0. The lowest BCUT2D eigenvalue weighted by atomic mass is 9.83. The van der Waals surface area contributed by atoms with Crippen LogP contribution in [0.25, 0.3) is 0 Å². The third kappa shape index (κ3) is 5.50. The number of aliphatic hydroxyl groups is 1. The highest BCUT2D eigenvalue weighted by molar-refractivity contribution is 14.0. The molecule has 1 heterocycles. The predicted octanol–water partition coefficient (Wildman–Crippen LogP) is 3.77. The van der Waals surface area contributed by atoms with Crippen LogP contribution in [-0.4, -0.2) is 35.5 Å². The molecule has 0 bridgehead atoms. The Hall–Kier alpha value is -2.09. The van der Waals surface area contributed by atoms with E-state index in [-0.39, 0.29) is 54.7 Å². The average Bonchev–Trinajstić information content (AvgIpc) is 2.68. The molecule has 0 aromatic heterocycles. The van der Waals surface area contributed by atoms with E-state index in [1.807, 2.05) is 11.0 Å². The van der Waals surface area contributed by atoms with Crippen LogP contribution < -0.4 is 5.32 Å². The summed E-state index contributed by atoms with van der Waals surface area (Å²) in [7, 11) is 0. The maximum Gasteiger partial charge on any atom is 0.225 e. The Labute approximate surface area is 185 Å². The van der Waals surface area contributed by atoms with Crippen molar-refractivity contribution in [2.45, 2.75) is 24.9 Å². The van der Waals surface area contributed by atoms with Crippen molar-refractivity contribution >= 4 is 35.6 Å². The molecule has 0 unspecified atom stereocenters. The van der Waals surface area contributed by atoms with Gasteiger partial charge >= 0.3 is 0 Å². The van der Waals surface area contributed by atoms with Gasteiger partial charge in [-0.15, -0.1) is 24.0 Å². The fraction of sp³-hybridized carbons (Fsp3) is 0.333. The van der Waals surface area contributed by atoms with Crippen molar-refractivity contribution in [1.29, 1.82) is 5.26 Å². The summed E-state index contributed by atoms with van der Waals surface area (Å²) in [6, 6.07) is 12.3. The van der Waals surface area contributed by atoms with E-state index in [1.165, 1.54) is 6.07 Å². The number of para-hydroxylation sites is 1. The van der Waals surface area contributed by atoms with E-state index in [0.29, 0.717) is 30.9 Å². The van der Waals surface area contributed by atoms with Crippen LogP contribution in [0, 0.1) is 23.0 Å². The molecule has 1 amide bonds. The lowest BCUT2D eigenvalue weighted by molar-refractivity contribution is -0.116. The van der Waals surface area contributed by atoms with E-state index >= 15 is 0 Å². The summed E-state index contributed by atoms with van der Waals surface area (Å²) >= 11 is 0. The summed E-state index contributed by atoms with van der Waals surface area (Å²) in [5.41, 5.74) is -0.954. The van der Waals surface area contributed by atoms with E-state index in [2.05, 4.69) is 5.32 Å². The van der Waals surface area contributed by atoms with Gasteiger partial charge in [-0.25, -0.2) is 8.78 Å². The van der Waals surface area contributed by atoms with Crippen molar-refractivity contribution in [3.05, 3.63) is 65.2 Å². The average molecular weight is 513 g/mol. The van der Waals surface area contributed by atoms with Crippen molar-refractivity contribution in [3.63, 3.8) is 0 Å². The molecule has 2 aromatic rings. The Bertz CT molecular complexity index is 889. The van der Waals surface area contributed by atoms with Crippen LogP contribution >= 0.6 is 24.0 Å². The van der Waals surface area contributed by atoms with Crippen LogP contribution in [0.4, 0.5) is 14.5 Å². The number of hydrogen-bond donors (Lipinski definition) is 2. The second kappa shape index (κ2) is 10.1. The molecule has 2 aromatic carbocycles. The highest BCUT2D eigenvalue weighted by Gasteiger charge is 2.38. The molecule has 154 valence electrons. The number of piperidine rings is 1. The van der Waals surface area contributed by atoms with Gasteiger partial charge < -0.3 is 15.3 Å². The number of carbonyl (C=O) groups excluding carboxylic acids is 1. The lowest BCUT2D eigenvalue weighted by Gasteiger charge is -2.38. The smallest absolute Gasteiger partial charge is 0.225 e. The van der Waals surface area contributed by atoms with E-state index in [4.69, 9.17) is 5.26 Å². The summed E-state index contributed by atoms with van der Waals surface area (Å²) in [6.45, 7) is 1.30. The molecule has 2 N–H and O–H groups in total. The first-order valence-corrected chi connectivity index (χ1v) is 9.11. The minimum Gasteiger partial charge on any atom is -0.385 e. The molecule has 0 aliphatic carbocycles. The SMILES string of the molecule is I.N#Cc1ccccc1NC(=O)CCN1CCC(O)(c2c(F)cccc2F)CC1. The minimum absolute atomic E-state index is 0. The number of nitriles is 1. The Kier molecular flexibility index (Phi) is 8.07. The molecule has 5 nitrogen and oxygen atoms in total. The van der Waals surface area contributed by atoms with E-state index in [0.717, 1.165) is 12.1 Å². The van der Waals surface area contributed by atoms with Gasteiger partial charge in [-0.05, 0) is 37.1 Å². The fourth-order valence-electron chi connectivity index (χ4n) is 3.50. The standard InChI is InChI=1S/C21H21F2N3O2.HI/c22-16-5-3-6-17(23)20(16)21(28)9-12-26(13-10-21)11-8-19(27)25-18-7-2-1-4-15(18)14-24;/h1-7,28H,8-13H2,(H,25,27);1H. The van der Waals surface area contributed by atoms with Crippen molar-refractivity contribution < 1.29 is 18.7 Å². The second-order valence-corrected chi connectivity index (χ2v) is 6.93. The van der Waals surface area contributed by atoms with Gasteiger partial charge in [0.05, 0.1) is 22.4 Å². The molecule has 8 heteroatoms. The van der Waals surface area contributed by atoms with Gasteiger partial charge in [0.15, 0.2) is 0 Å². The zero-order valence-electron chi connectivity index (χ0n) is 15.7. The van der Waals surface area contributed by atoms with Crippen LogP contribution in [0.15, 0.2) is 42.5 Å². The van der Waals surface area contributed by atoms with Crippen molar-refractivity contribution in [1.82, 2.24) is 4.90 Å². The molecule has 1 aliphatic rings. The molecule has 1 fully saturated rings. The van der Waals surface area contributed by atoms with Crippen LogP contribution in [0.3, 0.4) is 0 Å². The topological polar surface area (TPSA) is 76.4 Å². The second-order valence-electron chi connectivity index (χ2n) is 6.93. The summed E-state index contributed by atoms with van der Waals surface area (Å²) in [5, 5.41) is 22.5. The molecule has 29 heavy (non-hydrogen) atoms. The largest absolute Gasteiger partial charge is 0.385 e. The molecule has 0 spiro atoms. The maximum absolute atomic E-state index is 14.0. The number of nitrogens with zero attached hydrogens (tertiary/aromatic N) is 2. The van der Waals surface area contributed by atoms with E-state index < -0.39 is 17.2 Å². The van der Waals surface area contributed by atoms with Gasteiger partial charge in [0.2, 0.25) is 5.91 Å². The van der Waals surface area contributed by atoms with Crippen molar-refractivity contribution in [2.75, 3.05) is 25.0 Å². The van der Waals surface area contributed by atoms with Crippen LogP contribution in [0.1, 0.15) is 30.4 Å². The molecular weight excluding hydrogens is 491 g/mol. The van der Waals surface area contributed by atoms with Gasteiger partial charge in [-0.2, -0.15) is 5.26 Å². The first-order chi connectivity index (χ1) is 13.4.